The van der Waals surface area contributed by atoms with Crippen molar-refractivity contribution in [2.75, 3.05) is 5.32 Å². The lowest BCUT2D eigenvalue weighted by molar-refractivity contribution is -0.137. The number of carbonyl (C=O) groups is 1. The Kier molecular flexibility index (Phi) is 4.73. The van der Waals surface area contributed by atoms with E-state index in [2.05, 4.69) is 5.32 Å². The normalized spacial score (nSPS) is 12.8. The fraction of sp³-hybridized carbons (Fsp3) is 0.133. The smallest absolute Gasteiger partial charge is 0.367 e. The van der Waals surface area contributed by atoms with Gasteiger partial charge in [0.1, 0.15) is 0 Å². The molecule has 1 atom stereocenters. The van der Waals surface area contributed by atoms with Crippen LogP contribution in [-0.2, 0) is 6.18 Å². The van der Waals surface area contributed by atoms with Crippen molar-refractivity contribution >= 4 is 23.1 Å². The van der Waals surface area contributed by atoms with Crippen LogP contribution >= 0.6 is 11.6 Å². The van der Waals surface area contributed by atoms with Gasteiger partial charge in [-0.25, -0.2) is 0 Å². The number of Topliss-reactive ketones (excluding diaryl/α,β-unsaturated/α-hetero) is 1. The number of aliphatic hydroxyl groups is 1. The Hall–Kier alpha value is -2.05. The van der Waals surface area contributed by atoms with Crippen LogP contribution in [0.1, 0.15) is 15.9 Å². The summed E-state index contributed by atoms with van der Waals surface area (Å²) in [7, 11) is 0. The first kappa shape index (κ1) is 16.3. The number of carbonyl (C=O) groups excluding carboxylic acids is 1. The van der Waals surface area contributed by atoms with Gasteiger partial charge in [-0.2, -0.15) is 13.2 Å². The van der Waals surface area contributed by atoms with E-state index in [0.717, 1.165) is 18.2 Å². The lowest BCUT2D eigenvalue weighted by Crippen LogP contribution is -2.29. The van der Waals surface area contributed by atoms with Crippen molar-refractivity contribution in [3.63, 3.8) is 0 Å². The van der Waals surface area contributed by atoms with Gasteiger partial charge in [0.25, 0.3) is 0 Å². The zero-order valence-corrected chi connectivity index (χ0v) is 11.8. The van der Waals surface area contributed by atoms with Gasteiger partial charge in [-0.05, 0) is 18.2 Å². The maximum Gasteiger partial charge on any atom is 0.416 e. The van der Waals surface area contributed by atoms with Crippen LogP contribution in [0.4, 0.5) is 18.9 Å². The fourth-order valence-corrected chi connectivity index (χ4v) is 1.96. The molecule has 0 amide bonds. The van der Waals surface area contributed by atoms with Gasteiger partial charge in [-0.3, -0.25) is 4.79 Å². The predicted molar refractivity (Wildman–Crippen MR) is 76.9 cm³/mol. The summed E-state index contributed by atoms with van der Waals surface area (Å²) in [5.41, 5.74) is -0.877. The highest BCUT2D eigenvalue weighted by molar-refractivity contribution is 6.33. The van der Waals surface area contributed by atoms with Crippen LogP contribution < -0.4 is 5.32 Å². The van der Waals surface area contributed by atoms with E-state index < -0.39 is 23.8 Å². The number of aliphatic hydroxyl groups excluding tert-OH is 1. The van der Waals surface area contributed by atoms with E-state index in [4.69, 9.17) is 11.6 Å². The summed E-state index contributed by atoms with van der Waals surface area (Å²) >= 11 is 5.79. The molecule has 2 N–H and O–H groups in total. The third-order valence-electron chi connectivity index (χ3n) is 2.89. The van der Waals surface area contributed by atoms with Gasteiger partial charge in [0.2, 0.25) is 5.78 Å². The fourth-order valence-electron chi connectivity index (χ4n) is 1.79. The van der Waals surface area contributed by atoms with Crippen molar-refractivity contribution < 1.29 is 23.1 Å². The van der Waals surface area contributed by atoms with Gasteiger partial charge in [0, 0.05) is 5.56 Å². The molecule has 1 unspecified atom stereocenters. The number of alkyl halides is 3. The van der Waals surface area contributed by atoms with E-state index in [-0.39, 0.29) is 16.3 Å². The summed E-state index contributed by atoms with van der Waals surface area (Å²) in [5.74, 6) is -0.672. The molecule has 0 aliphatic carbocycles. The van der Waals surface area contributed by atoms with Gasteiger partial charge in [0.05, 0.1) is 16.3 Å². The van der Waals surface area contributed by atoms with Gasteiger partial charge >= 0.3 is 6.18 Å². The highest BCUT2D eigenvalue weighted by Gasteiger charge is 2.31. The molecule has 3 nitrogen and oxygen atoms in total. The number of anilines is 1. The number of hydrogen-bond acceptors (Lipinski definition) is 3. The second-order valence-electron chi connectivity index (χ2n) is 4.47. The van der Waals surface area contributed by atoms with E-state index in [1.54, 1.807) is 18.2 Å². The molecule has 2 aromatic carbocycles. The minimum atomic E-state index is -4.55. The van der Waals surface area contributed by atoms with Crippen LogP contribution in [0.5, 0.6) is 0 Å². The Labute approximate surface area is 129 Å². The number of ketones is 1. The minimum absolute atomic E-state index is 0.0343. The van der Waals surface area contributed by atoms with Gasteiger partial charge in [-0.15, -0.1) is 0 Å². The molecular weight excluding hydrogens is 319 g/mol. The number of hydrogen-bond donors (Lipinski definition) is 2. The van der Waals surface area contributed by atoms with E-state index in [1.807, 2.05) is 0 Å². The molecule has 0 saturated carbocycles. The standard InChI is InChI=1S/C15H11ClF3NO2/c16-11-7-6-10(15(17,18)19)8-12(11)20-14(22)13(21)9-4-2-1-3-5-9/h1-8,14,20,22H. The molecule has 2 rings (SSSR count). The Morgan fingerprint density at radius 3 is 2.36 bits per heavy atom. The molecule has 0 aliphatic rings. The molecule has 0 fully saturated rings. The summed E-state index contributed by atoms with van der Waals surface area (Å²) in [6.45, 7) is 0. The molecule has 0 radical (unpaired) electrons. The Balaban J connectivity index is 2.21. The van der Waals surface area contributed by atoms with Crippen molar-refractivity contribution in [1.82, 2.24) is 0 Å². The molecule has 116 valence electrons. The summed E-state index contributed by atoms with van der Waals surface area (Å²) in [6, 6.07) is 10.5. The average molecular weight is 330 g/mol. The molecule has 0 spiro atoms. The molecule has 0 saturated heterocycles. The lowest BCUT2D eigenvalue weighted by Gasteiger charge is -2.16. The van der Waals surface area contributed by atoms with Crippen molar-refractivity contribution in [1.29, 1.82) is 0 Å². The van der Waals surface area contributed by atoms with Gasteiger partial charge < -0.3 is 10.4 Å². The second kappa shape index (κ2) is 6.37. The molecule has 0 aromatic heterocycles. The lowest BCUT2D eigenvalue weighted by atomic mass is 10.1. The van der Waals surface area contributed by atoms with Crippen LogP contribution in [0, 0.1) is 0 Å². The van der Waals surface area contributed by atoms with Crippen LogP contribution in [-0.4, -0.2) is 17.1 Å². The Morgan fingerprint density at radius 2 is 1.77 bits per heavy atom. The third-order valence-corrected chi connectivity index (χ3v) is 3.22. The van der Waals surface area contributed by atoms with Crippen molar-refractivity contribution in [2.24, 2.45) is 0 Å². The van der Waals surface area contributed by atoms with Gasteiger partial charge in [-0.1, -0.05) is 41.9 Å². The third kappa shape index (κ3) is 3.78. The maximum absolute atomic E-state index is 12.7. The van der Waals surface area contributed by atoms with Crippen LogP contribution in [0.25, 0.3) is 0 Å². The van der Waals surface area contributed by atoms with Crippen LogP contribution in [0.3, 0.4) is 0 Å². The summed E-state index contributed by atoms with van der Waals surface area (Å²) in [5, 5.41) is 12.1. The highest BCUT2D eigenvalue weighted by atomic mass is 35.5. The number of halogens is 4. The highest BCUT2D eigenvalue weighted by Crippen LogP contribution is 2.34. The molecular formula is C15H11ClF3NO2. The molecule has 0 bridgehead atoms. The minimum Gasteiger partial charge on any atom is -0.367 e. The zero-order chi connectivity index (χ0) is 16.3. The monoisotopic (exact) mass is 329 g/mol. The first-order chi connectivity index (χ1) is 10.3. The Bertz CT molecular complexity index is 674. The summed E-state index contributed by atoms with van der Waals surface area (Å²) < 4.78 is 38.0. The maximum atomic E-state index is 12.7. The molecule has 0 heterocycles. The SMILES string of the molecule is O=C(c1ccccc1)C(O)Nc1cc(C(F)(F)F)ccc1Cl. The summed E-state index contributed by atoms with van der Waals surface area (Å²) in [4.78, 5) is 12.0. The molecule has 7 heteroatoms. The van der Waals surface area contributed by atoms with Gasteiger partial charge in [0.15, 0.2) is 6.23 Å². The zero-order valence-electron chi connectivity index (χ0n) is 11.1. The molecule has 22 heavy (non-hydrogen) atoms. The molecule has 2 aromatic rings. The van der Waals surface area contributed by atoms with Crippen LogP contribution in [0.2, 0.25) is 5.02 Å². The Morgan fingerprint density at radius 1 is 1.14 bits per heavy atom. The quantitative estimate of drug-likeness (QED) is 0.659. The van der Waals surface area contributed by atoms with Crippen molar-refractivity contribution in [3.05, 3.63) is 64.7 Å². The van der Waals surface area contributed by atoms with E-state index in [0.29, 0.717) is 0 Å². The topological polar surface area (TPSA) is 49.3 Å². The van der Waals surface area contributed by atoms with E-state index in [1.165, 1.54) is 12.1 Å². The number of nitrogens with one attached hydrogen (secondary N) is 1. The van der Waals surface area contributed by atoms with E-state index in [9.17, 15) is 23.1 Å². The number of rotatable bonds is 4. The van der Waals surface area contributed by atoms with E-state index >= 15 is 0 Å². The largest absolute Gasteiger partial charge is 0.416 e. The first-order valence-electron chi connectivity index (χ1n) is 6.19. The first-order valence-corrected chi connectivity index (χ1v) is 6.57. The predicted octanol–water partition coefficient (Wildman–Crippen LogP) is 3.97. The van der Waals surface area contributed by atoms with Crippen molar-refractivity contribution in [3.8, 4) is 0 Å². The second-order valence-corrected chi connectivity index (χ2v) is 4.88. The average Bonchev–Trinajstić information content (AvgIpc) is 2.48. The number of benzene rings is 2. The molecule has 0 aliphatic heterocycles. The van der Waals surface area contributed by atoms with Crippen LogP contribution in [0.15, 0.2) is 48.5 Å². The van der Waals surface area contributed by atoms with Crippen molar-refractivity contribution in [2.45, 2.75) is 12.4 Å². The summed E-state index contributed by atoms with van der Waals surface area (Å²) in [6.07, 6.45) is -6.25.